The van der Waals surface area contributed by atoms with Gasteiger partial charge in [0.25, 0.3) is 0 Å². The Morgan fingerprint density at radius 3 is 2.33 bits per heavy atom. The number of hydrogen-bond acceptors (Lipinski definition) is 5. The van der Waals surface area contributed by atoms with Gasteiger partial charge in [-0.25, -0.2) is 4.79 Å². The lowest BCUT2D eigenvalue weighted by molar-refractivity contribution is 0.299. The van der Waals surface area contributed by atoms with Gasteiger partial charge in [0.1, 0.15) is 11.7 Å². The summed E-state index contributed by atoms with van der Waals surface area (Å²) in [6, 6.07) is 10.6. The number of aliphatic hydroxyl groups excluding tert-OH is 1. The molecule has 0 spiro atoms. The molecular weight excluding hydrogens is 308 g/mol. The molecule has 0 aliphatic carbocycles. The predicted octanol–water partition coefficient (Wildman–Crippen LogP) is 2.51. The molecular formula is C19H20O5. The molecule has 0 unspecified atom stereocenters. The second-order valence-electron chi connectivity index (χ2n) is 5.04. The Balaban J connectivity index is 2.55. The first kappa shape index (κ1) is 17.6. The molecule has 2 aromatic carbocycles. The third-order valence-electron chi connectivity index (χ3n) is 3.74. The van der Waals surface area contributed by atoms with E-state index < -0.39 is 0 Å². The molecule has 0 aliphatic rings. The van der Waals surface area contributed by atoms with Gasteiger partial charge in [0.2, 0.25) is 0 Å². The minimum Gasteiger partial charge on any atom is -0.497 e. The molecule has 0 saturated heterocycles. The number of methoxy groups -OCH3 is 3. The first-order valence-electron chi connectivity index (χ1n) is 7.44. The summed E-state index contributed by atoms with van der Waals surface area (Å²) in [4.78, 5) is 11.6. The van der Waals surface area contributed by atoms with Crippen molar-refractivity contribution in [2.24, 2.45) is 0 Å². The standard InChI is InChI=1S/C19H20O5/c1-22-15-5-6-16(14(10-15)8-9-20)17(12-21)13-4-7-18(23-2)19(11-13)24-3/h4-7,10-11,20H,8-9H2,1-3H3. The summed E-state index contributed by atoms with van der Waals surface area (Å²) in [7, 11) is 4.66. The molecule has 5 nitrogen and oxygen atoms in total. The molecule has 0 atom stereocenters. The number of benzene rings is 2. The maximum atomic E-state index is 11.6. The number of carbonyl (C=O) groups excluding carboxylic acids is 1. The van der Waals surface area contributed by atoms with Crippen LogP contribution >= 0.6 is 0 Å². The summed E-state index contributed by atoms with van der Waals surface area (Å²) >= 11 is 0. The van der Waals surface area contributed by atoms with E-state index in [4.69, 9.17) is 14.2 Å². The van der Waals surface area contributed by atoms with E-state index in [1.165, 1.54) is 7.11 Å². The van der Waals surface area contributed by atoms with Crippen LogP contribution < -0.4 is 14.2 Å². The van der Waals surface area contributed by atoms with E-state index in [1.54, 1.807) is 44.6 Å². The smallest absolute Gasteiger partial charge is 0.161 e. The number of rotatable bonds is 7. The molecule has 0 aromatic heterocycles. The number of hydrogen-bond donors (Lipinski definition) is 1. The predicted molar refractivity (Wildman–Crippen MR) is 91.5 cm³/mol. The van der Waals surface area contributed by atoms with Crippen LogP contribution in [-0.4, -0.2) is 39.0 Å². The topological polar surface area (TPSA) is 65.0 Å². The Morgan fingerprint density at radius 1 is 1.00 bits per heavy atom. The van der Waals surface area contributed by atoms with Gasteiger partial charge in [-0.2, -0.15) is 0 Å². The van der Waals surface area contributed by atoms with Crippen molar-refractivity contribution in [3.63, 3.8) is 0 Å². The molecule has 0 bridgehead atoms. The van der Waals surface area contributed by atoms with Gasteiger partial charge in [0.15, 0.2) is 11.5 Å². The highest BCUT2D eigenvalue weighted by Gasteiger charge is 2.15. The third-order valence-corrected chi connectivity index (χ3v) is 3.74. The second kappa shape index (κ2) is 8.20. The fourth-order valence-corrected chi connectivity index (χ4v) is 2.53. The Kier molecular flexibility index (Phi) is 6.01. The zero-order chi connectivity index (χ0) is 17.5. The first-order chi connectivity index (χ1) is 11.7. The molecule has 0 saturated carbocycles. The summed E-state index contributed by atoms with van der Waals surface area (Å²) < 4.78 is 15.7. The van der Waals surface area contributed by atoms with E-state index in [2.05, 4.69) is 0 Å². The van der Waals surface area contributed by atoms with Gasteiger partial charge in [-0.1, -0.05) is 0 Å². The van der Waals surface area contributed by atoms with Crippen molar-refractivity contribution < 1.29 is 24.1 Å². The summed E-state index contributed by atoms with van der Waals surface area (Å²) in [6.07, 6.45) is 0.408. The van der Waals surface area contributed by atoms with Gasteiger partial charge in [0.05, 0.1) is 26.9 Å². The molecule has 126 valence electrons. The minimum atomic E-state index is -0.0295. The Morgan fingerprint density at radius 2 is 1.75 bits per heavy atom. The van der Waals surface area contributed by atoms with Crippen molar-refractivity contribution in [1.82, 2.24) is 0 Å². The summed E-state index contributed by atoms with van der Waals surface area (Å²) in [5.74, 6) is 3.78. The van der Waals surface area contributed by atoms with E-state index in [0.717, 1.165) is 5.56 Å². The molecule has 0 amide bonds. The Labute approximate surface area is 141 Å². The van der Waals surface area contributed by atoms with E-state index in [1.807, 2.05) is 12.0 Å². The van der Waals surface area contributed by atoms with E-state index in [9.17, 15) is 9.90 Å². The molecule has 2 aromatic rings. The van der Waals surface area contributed by atoms with Crippen molar-refractivity contribution in [1.29, 1.82) is 0 Å². The highest BCUT2D eigenvalue weighted by molar-refractivity contribution is 5.98. The average molecular weight is 328 g/mol. The van der Waals surface area contributed by atoms with Crippen molar-refractivity contribution in [3.8, 4) is 17.2 Å². The van der Waals surface area contributed by atoms with Gasteiger partial charge in [-0.3, -0.25) is 0 Å². The van der Waals surface area contributed by atoms with Gasteiger partial charge >= 0.3 is 0 Å². The van der Waals surface area contributed by atoms with Crippen LogP contribution in [0.4, 0.5) is 0 Å². The molecule has 0 aliphatic heterocycles. The van der Waals surface area contributed by atoms with Crippen molar-refractivity contribution in [2.45, 2.75) is 6.42 Å². The molecule has 0 heterocycles. The lowest BCUT2D eigenvalue weighted by Crippen LogP contribution is -2.01. The first-order valence-corrected chi connectivity index (χ1v) is 7.44. The summed E-state index contributed by atoms with van der Waals surface area (Å²) in [5, 5.41) is 9.30. The monoisotopic (exact) mass is 328 g/mol. The fourth-order valence-electron chi connectivity index (χ4n) is 2.53. The van der Waals surface area contributed by atoms with E-state index in [-0.39, 0.29) is 6.61 Å². The van der Waals surface area contributed by atoms with Gasteiger partial charge < -0.3 is 19.3 Å². The number of ether oxygens (including phenoxy) is 3. The molecule has 24 heavy (non-hydrogen) atoms. The minimum absolute atomic E-state index is 0.0295. The lowest BCUT2D eigenvalue weighted by Gasteiger charge is -2.14. The van der Waals surface area contributed by atoms with Gasteiger partial charge in [-0.05, 0) is 59.5 Å². The molecule has 2 rings (SSSR count). The molecule has 0 fully saturated rings. The van der Waals surface area contributed by atoms with Crippen molar-refractivity contribution in [2.75, 3.05) is 27.9 Å². The molecule has 5 heteroatoms. The van der Waals surface area contributed by atoms with Gasteiger partial charge in [0, 0.05) is 6.61 Å². The third kappa shape index (κ3) is 3.59. The van der Waals surface area contributed by atoms with Crippen LogP contribution in [0.2, 0.25) is 0 Å². The Bertz CT molecular complexity index is 760. The van der Waals surface area contributed by atoms with E-state index >= 15 is 0 Å². The average Bonchev–Trinajstić information content (AvgIpc) is 2.63. The van der Waals surface area contributed by atoms with Crippen LogP contribution in [-0.2, 0) is 11.2 Å². The van der Waals surface area contributed by atoms with Crippen LogP contribution in [0.5, 0.6) is 17.2 Å². The highest BCUT2D eigenvalue weighted by atomic mass is 16.5. The van der Waals surface area contributed by atoms with Crippen LogP contribution in [0.1, 0.15) is 16.7 Å². The summed E-state index contributed by atoms with van der Waals surface area (Å²) in [5.41, 5.74) is 2.56. The van der Waals surface area contributed by atoms with Crippen molar-refractivity contribution in [3.05, 3.63) is 53.1 Å². The molecule has 1 N–H and O–H groups in total. The molecule has 0 radical (unpaired) electrons. The van der Waals surface area contributed by atoms with Crippen molar-refractivity contribution >= 4 is 11.5 Å². The zero-order valence-electron chi connectivity index (χ0n) is 14.0. The maximum absolute atomic E-state index is 11.6. The maximum Gasteiger partial charge on any atom is 0.161 e. The second-order valence-corrected chi connectivity index (χ2v) is 5.04. The number of aliphatic hydroxyl groups is 1. The fraction of sp³-hybridized carbons (Fsp3) is 0.263. The lowest BCUT2D eigenvalue weighted by atomic mass is 9.93. The summed E-state index contributed by atoms with van der Waals surface area (Å²) in [6.45, 7) is -0.0295. The zero-order valence-corrected chi connectivity index (χ0v) is 14.0. The van der Waals surface area contributed by atoms with Gasteiger partial charge in [-0.15, -0.1) is 0 Å². The van der Waals surface area contributed by atoms with Crippen LogP contribution in [0, 0.1) is 0 Å². The van der Waals surface area contributed by atoms with Crippen LogP contribution in [0.15, 0.2) is 36.4 Å². The largest absolute Gasteiger partial charge is 0.497 e. The SMILES string of the molecule is COc1ccc(C(=C=O)c2ccc(OC)c(OC)c2)c(CCO)c1. The van der Waals surface area contributed by atoms with Crippen LogP contribution in [0.25, 0.3) is 5.57 Å². The van der Waals surface area contributed by atoms with Crippen LogP contribution in [0.3, 0.4) is 0 Å². The Hall–Kier alpha value is -2.75. The normalized spacial score (nSPS) is 10.0. The van der Waals surface area contributed by atoms with E-state index in [0.29, 0.717) is 40.4 Å². The quantitative estimate of drug-likeness (QED) is 0.791. The highest BCUT2D eigenvalue weighted by Crippen LogP contribution is 2.33.